The fourth-order valence-electron chi connectivity index (χ4n) is 3.09. The van der Waals surface area contributed by atoms with Crippen LogP contribution in [0.2, 0.25) is 0 Å². The molecule has 2 N–H and O–H groups in total. The number of halogens is 1. The average Bonchev–Trinajstić information content (AvgIpc) is 2.82. The molecule has 0 radical (unpaired) electrons. The van der Waals surface area contributed by atoms with Crippen LogP contribution in [0.4, 0.5) is 0 Å². The Morgan fingerprint density at radius 2 is 1.78 bits per heavy atom. The fraction of sp³-hybridized carbons (Fsp3) is 0.571. The van der Waals surface area contributed by atoms with Gasteiger partial charge in [0.15, 0.2) is 11.5 Å². The van der Waals surface area contributed by atoms with Crippen molar-refractivity contribution in [3.05, 3.63) is 21.7 Å². The van der Waals surface area contributed by atoms with E-state index in [0.29, 0.717) is 13.2 Å². The summed E-state index contributed by atoms with van der Waals surface area (Å²) in [5.41, 5.74) is 8.72. The maximum Gasteiger partial charge on any atom is 0.175 e. The van der Waals surface area contributed by atoms with Crippen molar-refractivity contribution in [1.29, 1.82) is 0 Å². The van der Waals surface area contributed by atoms with E-state index in [2.05, 4.69) is 28.9 Å². The highest BCUT2D eigenvalue weighted by atomic mass is 79.9. The van der Waals surface area contributed by atoms with Crippen LogP contribution in [0, 0.1) is 6.92 Å². The molecule has 0 amide bonds. The number of benzene rings is 1. The lowest BCUT2D eigenvalue weighted by Gasteiger charge is -2.30. The molecule has 1 aliphatic carbocycles. The lowest BCUT2D eigenvalue weighted by atomic mass is 9.86. The van der Waals surface area contributed by atoms with Gasteiger partial charge in [0.25, 0.3) is 0 Å². The number of hydrogen-bond acceptors (Lipinski definition) is 3. The summed E-state index contributed by atoms with van der Waals surface area (Å²) in [6.45, 7) is 3.31. The molecule has 3 rings (SSSR count). The van der Waals surface area contributed by atoms with Crippen LogP contribution in [0.5, 0.6) is 11.5 Å². The van der Waals surface area contributed by atoms with E-state index in [1.165, 1.54) is 18.4 Å². The first-order chi connectivity index (χ1) is 8.62. The van der Waals surface area contributed by atoms with E-state index >= 15 is 0 Å². The second-order valence-electron chi connectivity index (χ2n) is 5.25. The van der Waals surface area contributed by atoms with Crippen LogP contribution < -0.4 is 15.2 Å². The molecule has 0 atom stereocenters. The third-order valence-corrected chi connectivity index (χ3v) is 4.64. The predicted molar refractivity (Wildman–Crippen MR) is 74.2 cm³/mol. The summed E-state index contributed by atoms with van der Waals surface area (Å²) in [5, 5.41) is 0. The molecule has 0 spiro atoms. The zero-order valence-electron chi connectivity index (χ0n) is 10.6. The lowest BCUT2D eigenvalue weighted by molar-refractivity contribution is 0.168. The van der Waals surface area contributed by atoms with Crippen molar-refractivity contribution >= 4 is 15.9 Å². The molecule has 1 saturated carbocycles. The number of nitrogens with two attached hydrogens (primary N) is 1. The molecule has 98 valence electrons. The Kier molecular flexibility index (Phi) is 3.02. The van der Waals surface area contributed by atoms with Gasteiger partial charge in [-0.2, -0.15) is 0 Å². The Hall–Kier alpha value is -0.740. The normalized spacial score (nSPS) is 21.1. The molecular weight excluding hydrogens is 294 g/mol. The van der Waals surface area contributed by atoms with Crippen molar-refractivity contribution in [2.45, 2.75) is 38.1 Å². The number of fused-ring (bicyclic) bond motifs is 1. The van der Waals surface area contributed by atoms with Crippen molar-refractivity contribution in [3.8, 4) is 11.5 Å². The molecule has 2 aliphatic rings. The summed E-state index contributed by atoms with van der Waals surface area (Å²) in [4.78, 5) is 0. The van der Waals surface area contributed by atoms with Crippen LogP contribution in [0.25, 0.3) is 0 Å². The van der Waals surface area contributed by atoms with Gasteiger partial charge in [-0.25, -0.2) is 0 Å². The van der Waals surface area contributed by atoms with Crippen LogP contribution in [0.15, 0.2) is 10.5 Å². The van der Waals surface area contributed by atoms with Crippen LogP contribution >= 0.6 is 15.9 Å². The molecule has 18 heavy (non-hydrogen) atoms. The van der Waals surface area contributed by atoms with E-state index in [-0.39, 0.29) is 5.54 Å². The Morgan fingerprint density at radius 3 is 2.44 bits per heavy atom. The van der Waals surface area contributed by atoms with Gasteiger partial charge in [-0.05, 0) is 47.3 Å². The summed E-state index contributed by atoms with van der Waals surface area (Å²) >= 11 is 3.58. The van der Waals surface area contributed by atoms with E-state index in [1.54, 1.807) is 0 Å². The van der Waals surface area contributed by atoms with E-state index in [4.69, 9.17) is 15.2 Å². The van der Waals surface area contributed by atoms with Crippen molar-refractivity contribution < 1.29 is 9.47 Å². The van der Waals surface area contributed by atoms with Gasteiger partial charge in [0.1, 0.15) is 13.2 Å². The minimum absolute atomic E-state index is 0.192. The smallest absolute Gasteiger partial charge is 0.175 e. The Balaban J connectivity index is 2.13. The first-order valence-electron chi connectivity index (χ1n) is 6.50. The molecule has 3 nitrogen and oxygen atoms in total. The van der Waals surface area contributed by atoms with Crippen molar-refractivity contribution in [3.63, 3.8) is 0 Å². The van der Waals surface area contributed by atoms with Gasteiger partial charge in [0.2, 0.25) is 0 Å². The van der Waals surface area contributed by atoms with Crippen LogP contribution in [-0.2, 0) is 5.54 Å². The van der Waals surface area contributed by atoms with Crippen LogP contribution in [-0.4, -0.2) is 13.2 Å². The first kappa shape index (κ1) is 12.3. The maximum absolute atomic E-state index is 6.57. The van der Waals surface area contributed by atoms with Gasteiger partial charge in [-0.1, -0.05) is 12.8 Å². The summed E-state index contributed by atoms with van der Waals surface area (Å²) in [6.07, 6.45) is 4.53. The monoisotopic (exact) mass is 311 g/mol. The molecule has 0 saturated heterocycles. The van der Waals surface area contributed by atoms with Gasteiger partial charge in [-0.15, -0.1) is 0 Å². The minimum Gasteiger partial charge on any atom is -0.486 e. The van der Waals surface area contributed by atoms with Crippen molar-refractivity contribution in [2.75, 3.05) is 13.2 Å². The highest BCUT2D eigenvalue weighted by molar-refractivity contribution is 9.10. The molecule has 0 bridgehead atoms. The fourth-order valence-corrected chi connectivity index (χ4v) is 3.61. The largest absolute Gasteiger partial charge is 0.486 e. The third kappa shape index (κ3) is 1.82. The Morgan fingerprint density at radius 1 is 1.17 bits per heavy atom. The Labute approximate surface area is 116 Å². The Bertz CT molecular complexity index is 481. The SMILES string of the molecule is Cc1c(C2(N)CCCC2)cc(Br)c2c1OCCO2. The summed E-state index contributed by atoms with van der Waals surface area (Å²) < 4.78 is 12.4. The second-order valence-corrected chi connectivity index (χ2v) is 6.10. The lowest BCUT2D eigenvalue weighted by Crippen LogP contribution is -2.34. The molecule has 1 aliphatic heterocycles. The van der Waals surface area contributed by atoms with Crippen LogP contribution in [0.3, 0.4) is 0 Å². The molecule has 1 aromatic rings. The molecule has 0 unspecified atom stereocenters. The first-order valence-corrected chi connectivity index (χ1v) is 7.29. The predicted octanol–water partition coefficient (Wildman–Crippen LogP) is 3.26. The van der Waals surface area contributed by atoms with Gasteiger partial charge in [0.05, 0.1) is 4.47 Å². The number of ether oxygens (including phenoxy) is 2. The van der Waals surface area contributed by atoms with E-state index in [9.17, 15) is 0 Å². The van der Waals surface area contributed by atoms with Gasteiger partial charge in [0, 0.05) is 11.1 Å². The van der Waals surface area contributed by atoms with Crippen LogP contribution in [0.1, 0.15) is 36.8 Å². The minimum atomic E-state index is -0.192. The van der Waals surface area contributed by atoms with Crippen molar-refractivity contribution in [2.24, 2.45) is 5.73 Å². The molecular formula is C14H18BrNO2. The zero-order valence-corrected chi connectivity index (χ0v) is 12.2. The summed E-state index contributed by atoms with van der Waals surface area (Å²) in [5.74, 6) is 1.69. The molecule has 1 aromatic carbocycles. The zero-order chi connectivity index (χ0) is 12.8. The summed E-state index contributed by atoms with van der Waals surface area (Å²) in [7, 11) is 0. The van der Waals surface area contributed by atoms with Crippen molar-refractivity contribution in [1.82, 2.24) is 0 Å². The average molecular weight is 312 g/mol. The quantitative estimate of drug-likeness (QED) is 0.866. The molecule has 4 heteroatoms. The third-order valence-electron chi connectivity index (χ3n) is 4.05. The number of hydrogen-bond donors (Lipinski definition) is 1. The molecule has 1 fully saturated rings. The highest BCUT2D eigenvalue weighted by Crippen LogP contribution is 2.47. The topological polar surface area (TPSA) is 44.5 Å². The highest BCUT2D eigenvalue weighted by Gasteiger charge is 2.35. The molecule has 1 heterocycles. The second kappa shape index (κ2) is 4.42. The maximum atomic E-state index is 6.57. The standard InChI is InChI=1S/C14H18BrNO2/c1-9-10(14(16)4-2-3-5-14)8-11(15)13-12(9)17-6-7-18-13/h8H,2-7,16H2,1H3. The van der Waals surface area contributed by atoms with E-state index in [1.807, 2.05) is 0 Å². The van der Waals surface area contributed by atoms with Gasteiger partial charge in [-0.3, -0.25) is 0 Å². The van der Waals surface area contributed by atoms with E-state index < -0.39 is 0 Å². The summed E-state index contributed by atoms with van der Waals surface area (Å²) in [6, 6.07) is 2.12. The van der Waals surface area contributed by atoms with Gasteiger partial charge < -0.3 is 15.2 Å². The number of rotatable bonds is 1. The van der Waals surface area contributed by atoms with Gasteiger partial charge >= 0.3 is 0 Å². The molecule has 0 aromatic heterocycles. The van der Waals surface area contributed by atoms with E-state index in [0.717, 1.165) is 34.4 Å².